The second-order valence-electron chi connectivity index (χ2n) is 3.62. The van der Waals surface area contributed by atoms with E-state index >= 15 is 0 Å². The van der Waals surface area contributed by atoms with Crippen LogP contribution in [0, 0.1) is 6.92 Å². The van der Waals surface area contributed by atoms with E-state index in [4.69, 9.17) is 11.6 Å². The lowest BCUT2D eigenvalue weighted by molar-refractivity contribution is 0.601. The lowest BCUT2D eigenvalue weighted by atomic mass is 10.2. The van der Waals surface area contributed by atoms with Crippen molar-refractivity contribution in [2.45, 2.75) is 11.8 Å². The minimum atomic E-state index is -3.70. The second-order valence-corrected chi connectivity index (χ2v) is 5.66. The first-order chi connectivity index (χ1) is 8.49. The first kappa shape index (κ1) is 12.8. The molecule has 0 atom stereocenters. The number of aryl methyl sites for hydroxylation is 1. The fourth-order valence-electron chi connectivity index (χ4n) is 1.36. The first-order valence-electron chi connectivity index (χ1n) is 5.05. The Hall–Kier alpha value is -1.66. The molecule has 0 radical (unpaired) electrons. The predicted molar refractivity (Wildman–Crippen MR) is 69.0 cm³/mol. The van der Waals surface area contributed by atoms with Crippen molar-refractivity contribution >= 4 is 27.4 Å². The highest BCUT2D eigenvalue weighted by Crippen LogP contribution is 2.19. The second kappa shape index (κ2) is 4.91. The Kier molecular flexibility index (Phi) is 3.49. The molecule has 0 aliphatic rings. The Balaban J connectivity index is 2.37. The molecule has 1 heterocycles. The van der Waals surface area contributed by atoms with Crippen LogP contribution in [0.2, 0.25) is 5.15 Å². The smallest absolute Gasteiger partial charge is 0.261 e. The van der Waals surface area contributed by atoms with E-state index in [1.54, 1.807) is 12.1 Å². The molecule has 0 saturated carbocycles. The van der Waals surface area contributed by atoms with Gasteiger partial charge in [0.2, 0.25) is 0 Å². The normalized spacial score (nSPS) is 11.2. The van der Waals surface area contributed by atoms with Gasteiger partial charge in [0.25, 0.3) is 10.0 Å². The van der Waals surface area contributed by atoms with Gasteiger partial charge in [0, 0.05) is 12.4 Å². The van der Waals surface area contributed by atoms with Gasteiger partial charge in [-0.25, -0.2) is 18.4 Å². The maximum Gasteiger partial charge on any atom is 0.263 e. The van der Waals surface area contributed by atoms with E-state index in [0.29, 0.717) is 0 Å². The quantitative estimate of drug-likeness (QED) is 0.938. The van der Waals surface area contributed by atoms with Crippen LogP contribution < -0.4 is 4.72 Å². The van der Waals surface area contributed by atoms with Gasteiger partial charge in [-0.15, -0.1) is 0 Å². The number of sulfonamides is 1. The number of benzene rings is 1. The zero-order chi connectivity index (χ0) is 13.2. The summed E-state index contributed by atoms with van der Waals surface area (Å²) in [4.78, 5) is 7.73. The molecular formula is C11H10ClN3O2S. The summed E-state index contributed by atoms with van der Waals surface area (Å²) in [5, 5.41) is 0.00808. The monoisotopic (exact) mass is 283 g/mol. The Morgan fingerprint density at radius 2 is 1.94 bits per heavy atom. The van der Waals surface area contributed by atoms with Crippen molar-refractivity contribution in [1.82, 2.24) is 9.97 Å². The van der Waals surface area contributed by atoms with Crippen molar-refractivity contribution in [2.24, 2.45) is 0 Å². The van der Waals surface area contributed by atoms with Crippen LogP contribution in [0.5, 0.6) is 0 Å². The number of hydrogen-bond acceptors (Lipinski definition) is 4. The molecule has 1 aromatic heterocycles. The largest absolute Gasteiger partial charge is 0.263 e. The molecule has 2 aromatic rings. The van der Waals surface area contributed by atoms with Gasteiger partial charge < -0.3 is 0 Å². The van der Waals surface area contributed by atoms with Gasteiger partial charge in [-0.05, 0) is 24.6 Å². The predicted octanol–water partition coefficient (Wildman–Crippen LogP) is 2.24. The van der Waals surface area contributed by atoms with Gasteiger partial charge in [0.05, 0.1) is 4.90 Å². The molecule has 5 nitrogen and oxygen atoms in total. The molecule has 18 heavy (non-hydrogen) atoms. The van der Waals surface area contributed by atoms with Gasteiger partial charge in [-0.2, -0.15) is 0 Å². The fourth-order valence-corrected chi connectivity index (χ4v) is 2.69. The maximum absolute atomic E-state index is 12.1. The average molecular weight is 284 g/mol. The number of rotatable bonds is 3. The molecule has 0 bridgehead atoms. The maximum atomic E-state index is 12.1. The Bertz CT molecular complexity index is 673. The third-order valence-electron chi connectivity index (χ3n) is 2.18. The summed E-state index contributed by atoms with van der Waals surface area (Å²) < 4.78 is 26.4. The molecule has 0 saturated heterocycles. The Morgan fingerprint density at radius 3 is 2.61 bits per heavy atom. The summed E-state index contributed by atoms with van der Waals surface area (Å²) in [6, 6.07) is 6.54. The summed E-state index contributed by atoms with van der Waals surface area (Å²) in [7, 11) is -3.70. The number of nitrogens with one attached hydrogen (secondary N) is 1. The molecular weight excluding hydrogens is 274 g/mol. The van der Waals surface area contributed by atoms with E-state index in [1.165, 1.54) is 18.5 Å². The Labute approximate surface area is 110 Å². The molecule has 0 aliphatic carbocycles. The van der Waals surface area contributed by atoms with Crippen molar-refractivity contribution < 1.29 is 8.42 Å². The average Bonchev–Trinajstić information content (AvgIpc) is 2.32. The van der Waals surface area contributed by atoms with Crippen LogP contribution in [0.4, 0.5) is 5.82 Å². The zero-order valence-electron chi connectivity index (χ0n) is 9.46. The summed E-state index contributed by atoms with van der Waals surface area (Å²) in [5.74, 6) is 0.0145. The Morgan fingerprint density at radius 1 is 1.22 bits per heavy atom. The highest BCUT2D eigenvalue weighted by Gasteiger charge is 2.16. The van der Waals surface area contributed by atoms with Crippen LogP contribution in [-0.4, -0.2) is 18.4 Å². The van der Waals surface area contributed by atoms with E-state index in [0.717, 1.165) is 5.56 Å². The van der Waals surface area contributed by atoms with Crippen molar-refractivity contribution in [3.05, 3.63) is 47.4 Å². The van der Waals surface area contributed by atoms with Crippen molar-refractivity contribution in [3.8, 4) is 0 Å². The van der Waals surface area contributed by atoms with E-state index in [-0.39, 0.29) is 15.9 Å². The van der Waals surface area contributed by atoms with E-state index in [1.807, 2.05) is 13.0 Å². The van der Waals surface area contributed by atoms with Crippen molar-refractivity contribution in [1.29, 1.82) is 0 Å². The molecule has 0 spiro atoms. The van der Waals surface area contributed by atoms with Crippen LogP contribution in [0.25, 0.3) is 0 Å². The van der Waals surface area contributed by atoms with Crippen molar-refractivity contribution in [3.63, 3.8) is 0 Å². The highest BCUT2D eigenvalue weighted by atomic mass is 35.5. The van der Waals surface area contributed by atoms with Gasteiger partial charge in [-0.1, -0.05) is 23.7 Å². The first-order valence-corrected chi connectivity index (χ1v) is 6.91. The summed E-state index contributed by atoms with van der Waals surface area (Å²) in [6.45, 7) is 1.81. The summed E-state index contributed by atoms with van der Waals surface area (Å²) in [6.07, 6.45) is 2.74. The van der Waals surface area contributed by atoms with Crippen LogP contribution in [0.15, 0.2) is 41.6 Å². The SMILES string of the molecule is Cc1cccc(S(=O)(=O)Nc2nccnc2Cl)c1. The fraction of sp³-hybridized carbons (Fsp3) is 0.0909. The zero-order valence-corrected chi connectivity index (χ0v) is 11.0. The van der Waals surface area contributed by atoms with Crippen LogP contribution >= 0.6 is 11.6 Å². The van der Waals surface area contributed by atoms with Gasteiger partial charge in [-0.3, -0.25) is 4.72 Å². The molecule has 0 amide bonds. The topological polar surface area (TPSA) is 72.0 Å². The van der Waals surface area contributed by atoms with Gasteiger partial charge in [0.15, 0.2) is 11.0 Å². The molecule has 1 N–H and O–H groups in total. The van der Waals surface area contributed by atoms with E-state index in [2.05, 4.69) is 14.7 Å². The van der Waals surface area contributed by atoms with Crippen LogP contribution in [-0.2, 0) is 10.0 Å². The van der Waals surface area contributed by atoms with Crippen molar-refractivity contribution in [2.75, 3.05) is 4.72 Å². The molecule has 2 rings (SSSR count). The summed E-state index contributed by atoms with van der Waals surface area (Å²) >= 11 is 5.75. The van der Waals surface area contributed by atoms with Crippen LogP contribution in [0.1, 0.15) is 5.56 Å². The minimum Gasteiger partial charge on any atom is -0.261 e. The molecule has 7 heteroatoms. The number of anilines is 1. The van der Waals surface area contributed by atoms with E-state index < -0.39 is 10.0 Å². The molecule has 94 valence electrons. The molecule has 0 fully saturated rings. The summed E-state index contributed by atoms with van der Waals surface area (Å²) in [5.41, 5.74) is 0.850. The third-order valence-corrected chi connectivity index (χ3v) is 3.80. The number of nitrogens with zero attached hydrogens (tertiary/aromatic N) is 2. The number of aromatic nitrogens is 2. The number of halogens is 1. The minimum absolute atomic E-state index is 0.00808. The molecule has 1 aromatic carbocycles. The van der Waals surface area contributed by atoms with Gasteiger partial charge >= 0.3 is 0 Å². The molecule has 0 unspecified atom stereocenters. The third kappa shape index (κ3) is 2.77. The van der Waals surface area contributed by atoms with E-state index in [9.17, 15) is 8.42 Å². The lowest BCUT2D eigenvalue weighted by Crippen LogP contribution is -2.14. The van der Waals surface area contributed by atoms with Crippen LogP contribution in [0.3, 0.4) is 0 Å². The highest BCUT2D eigenvalue weighted by molar-refractivity contribution is 7.92. The standard InChI is InChI=1S/C11H10ClN3O2S/c1-8-3-2-4-9(7-8)18(16,17)15-11-10(12)13-5-6-14-11/h2-7H,1H3,(H,14,15). The lowest BCUT2D eigenvalue weighted by Gasteiger charge is -2.08. The van der Waals surface area contributed by atoms with Gasteiger partial charge in [0.1, 0.15) is 0 Å². The molecule has 0 aliphatic heterocycles. The number of hydrogen-bond donors (Lipinski definition) is 1.